The number of alkyl halides is 3. The second kappa shape index (κ2) is 7.70. The summed E-state index contributed by atoms with van der Waals surface area (Å²) in [6, 6.07) is -0.480. The maximum Gasteiger partial charge on any atom is 0.270 e. The molecule has 7 heteroatoms. The quantitative estimate of drug-likeness (QED) is 0.562. The van der Waals surface area contributed by atoms with Gasteiger partial charge in [0.15, 0.2) is 0 Å². The van der Waals surface area contributed by atoms with Crippen LogP contribution in [-0.2, 0) is 9.59 Å². The molecular weight excluding hydrogens is 335 g/mol. The molecule has 0 radical (unpaired) electrons. The molecule has 0 aliphatic carbocycles. The fourth-order valence-electron chi connectivity index (χ4n) is 2.18. The summed E-state index contributed by atoms with van der Waals surface area (Å²) in [5.41, 5.74) is 0.316. The molecule has 0 aromatic carbocycles. The summed E-state index contributed by atoms with van der Waals surface area (Å²) in [7, 11) is 3.23. The molecule has 1 fully saturated rings. The number of piperazine rings is 1. The van der Waals surface area contributed by atoms with E-state index in [1.165, 1.54) is 9.80 Å². The van der Waals surface area contributed by atoms with Crippen molar-refractivity contribution in [2.75, 3.05) is 20.0 Å². The van der Waals surface area contributed by atoms with Gasteiger partial charge in [-0.2, -0.15) is 0 Å². The lowest BCUT2D eigenvalue weighted by atomic mass is 9.98. The fourth-order valence-corrected chi connectivity index (χ4v) is 2.45. The number of amides is 2. The third-order valence-electron chi connectivity index (χ3n) is 3.69. The van der Waals surface area contributed by atoms with Crippen LogP contribution in [0.4, 0.5) is 0 Å². The Bertz CT molecular complexity index is 440. The lowest BCUT2D eigenvalue weighted by Crippen LogP contribution is -2.56. The predicted octanol–water partition coefficient (Wildman–Crippen LogP) is 2.87. The normalized spacial score (nSPS) is 25.0. The summed E-state index contributed by atoms with van der Waals surface area (Å²) in [6.45, 7) is 3.75. The van der Waals surface area contributed by atoms with Crippen LogP contribution in [0.3, 0.4) is 0 Å². The van der Waals surface area contributed by atoms with Crippen molar-refractivity contribution in [2.24, 2.45) is 11.8 Å². The van der Waals surface area contributed by atoms with Crippen molar-refractivity contribution >= 4 is 46.6 Å². The second-order valence-electron chi connectivity index (χ2n) is 5.57. The maximum atomic E-state index is 12.5. The standard InChI is InChI=1S/C14H21Cl3N2O2/c1-8(7-15)5-10-13(20)19(4)11(14(21)18(10)3)6-9(2)12(16)17/h6,8-10,12H,5,7H2,1-4H3. The lowest BCUT2D eigenvalue weighted by molar-refractivity contribution is -0.149. The molecule has 3 unspecified atom stereocenters. The Morgan fingerprint density at radius 2 is 1.81 bits per heavy atom. The number of carbonyl (C=O) groups is 2. The Morgan fingerprint density at radius 1 is 1.24 bits per heavy atom. The first-order valence-corrected chi connectivity index (χ1v) is 8.22. The van der Waals surface area contributed by atoms with Crippen molar-refractivity contribution in [3.63, 3.8) is 0 Å². The Hall–Kier alpha value is -0.450. The number of allylic oxidation sites excluding steroid dienone is 1. The average Bonchev–Trinajstić information content (AvgIpc) is 2.45. The van der Waals surface area contributed by atoms with Gasteiger partial charge in [-0.3, -0.25) is 9.59 Å². The van der Waals surface area contributed by atoms with Crippen molar-refractivity contribution < 1.29 is 9.59 Å². The molecule has 3 atom stereocenters. The molecule has 4 nitrogen and oxygen atoms in total. The van der Waals surface area contributed by atoms with Crippen LogP contribution in [-0.4, -0.2) is 52.5 Å². The molecule has 120 valence electrons. The van der Waals surface area contributed by atoms with E-state index in [-0.39, 0.29) is 23.7 Å². The fraction of sp³-hybridized carbons (Fsp3) is 0.714. The lowest BCUT2D eigenvalue weighted by Gasteiger charge is -2.39. The Morgan fingerprint density at radius 3 is 2.29 bits per heavy atom. The van der Waals surface area contributed by atoms with E-state index in [4.69, 9.17) is 34.8 Å². The van der Waals surface area contributed by atoms with Crippen LogP contribution in [0.15, 0.2) is 11.8 Å². The van der Waals surface area contributed by atoms with E-state index in [1.807, 2.05) is 6.92 Å². The van der Waals surface area contributed by atoms with E-state index in [9.17, 15) is 9.59 Å². The van der Waals surface area contributed by atoms with Gasteiger partial charge in [-0.25, -0.2) is 0 Å². The van der Waals surface area contributed by atoms with Gasteiger partial charge in [-0.15, -0.1) is 34.8 Å². The monoisotopic (exact) mass is 354 g/mol. The van der Waals surface area contributed by atoms with Crippen LogP contribution < -0.4 is 0 Å². The topological polar surface area (TPSA) is 40.6 Å². The summed E-state index contributed by atoms with van der Waals surface area (Å²) in [4.78, 5) is 27.2. The molecule has 0 saturated carbocycles. The minimum Gasteiger partial charge on any atom is -0.328 e. The number of halogens is 3. The van der Waals surface area contributed by atoms with Crippen molar-refractivity contribution in [3.8, 4) is 0 Å². The molecule has 1 heterocycles. The minimum atomic E-state index is -0.631. The summed E-state index contributed by atoms with van der Waals surface area (Å²) in [6.07, 6.45) is 2.19. The largest absolute Gasteiger partial charge is 0.328 e. The molecule has 0 bridgehead atoms. The highest BCUT2D eigenvalue weighted by atomic mass is 35.5. The van der Waals surface area contributed by atoms with E-state index in [0.717, 1.165) is 0 Å². The molecule has 1 aliphatic rings. The van der Waals surface area contributed by atoms with Gasteiger partial charge in [-0.05, 0) is 18.4 Å². The summed E-state index contributed by atoms with van der Waals surface area (Å²) in [5.74, 6) is 0.0612. The maximum absolute atomic E-state index is 12.5. The highest BCUT2D eigenvalue weighted by Crippen LogP contribution is 2.26. The second-order valence-corrected chi connectivity index (χ2v) is 7.04. The van der Waals surface area contributed by atoms with Crippen LogP contribution in [0.5, 0.6) is 0 Å². The van der Waals surface area contributed by atoms with E-state index < -0.39 is 10.9 Å². The molecular formula is C14H21Cl3N2O2. The number of likely N-dealkylation sites (N-methyl/N-ethyl adjacent to an activating group) is 2. The van der Waals surface area contributed by atoms with Gasteiger partial charge in [0.2, 0.25) is 5.91 Å². The molecule has 1 aliphatic heterocycles. The van der Waals surface area contributed by atoms with Crippen molar-refractivity contribution in [2.45, 2.75) is 31.1 Å². The van der Waals surface area contributed by atoms with E-state index in [2.05, 4.69) is 0 Å². The van der Waals surface area contributed by atoms with E-state index >= 15 is 0 Å². The average molecular weight is 356 g/mol. The van der Waals surface area contributed by atoms with Gasteiger partial charge >= 0.3 is 0 Å². The zero-order valence-corrected chi connectivity index (χ0v) is 14.9. The first-order chi connectivity index (χ1) is 9.70. The Labute approximate surface area is 141 Å². The van der Waals surface area contributed by atoms with Gasteiger partial charge in [0.25, 0.3) is 5.91 Å². The van der Waals surface area contributed by atoms with Gasteiger partial charge in [0.1, 0.15) is 16.6 Å². The smallest absolute Gasteiger partial charge is 0.270 e. The predicted molar refractivity (Wildman–Crippen MR) is 86.6 cm³/mol. The number of hydrogen-bond acceptors (Lipinski definition) is 2. The number of carbonyl (C=O) groups excluding carboxylic acids is 2. The number of nitrogens with zero attached hydrogens (tertiary/aromatic N) is 2. The van der Waals surface area contributed by atoms with Gasteiger partial charge in [-0.1, -0.05) is 13.8 Å². The van der Waals surface area contributed by atoms with Gasteiger partial charge in [0.05, 0.1) is 0 Å². The van der Waals surface area contributed by atoms with Crippen LogP contribution in [0.2, 0.25) is 0 Å². The van der Waals surface area contributed by atoms with Crippen molar-refractivity contribution in [1.82, 2.24) is 9.80 Å². The molecule has 2 amide bonds. The Balaban J connectivity index is 3.02. The molecule has 0 spiro atoms. The van der Waals surface area contributed by atoms with Gasteiger partial charge < -0.3 is 9.80 Å². The number of hydrogen-bond donors (Lipinski definition) is 0. The third kappa shape index (κ3) is 4.27. The molecule has 0 aromatic heterocycles. The van der Waals surface area contributed by atoms with Crippen LogP contribution in [0.1, 0.15) is 20.3 Å². The highest BCUT2D eigenvalue weighted by Gasteiger charge is 2.39. The van der Waals surface area contributed by atoms with Crippen LogP contribution in [0, 0.1) is 11.8 Å². The van der Waals surface area contributed by atoms with Crippen LogP contribution >= 0.6 is 34.8 Å². The first-order valence-electron chi connectivity index (χ1n) is 6.81. The first kappa shape index (κ1) is 18.6. The van der Waals surface area contributed by atoms with Crippen molar-refractivity contribution in [3.05, 3.63) is 11.8 Å². The zero-order chi connectivity index (χ0) is 16.3. The number of rotatable bonds is 5. The molecule has 0 N–H and O–H groups in total. The highest BCUT2D eigenvalue weighted by molar-refractivity contribution is 6.44. The summed E-state index contributed by atoms with van der Waals surface area (Å²) < 4.78 is 0. The van der Waals surface area contributed by atoms with E-state index in [0.29, 0.717) is 18.0 Å². The molecule has 1 rings (SSSR count). The van der Waals surface area contributed by atoms with Crippen LogP contribution in [0.25, 0.3) is 0 Å². The zero-order valence-electron chi connectivity index (χ0n) is 12.6. The van der Waals surface area contributed by atoms with Gasteiger partial charge in [0, 0.05) is 25.9 Å². The van der Waals surface area contributed by atoms with E-state index in [1.54, 1.807) is 27.1 Å². The minimum absolute atomic E-state index is 0.117. The third-order valence-corrected chi connectivity index (χ3v) is 5.01. The summed E-state index contributed by atoms with van der Waals surface area (Å²) >= 11 is 17.4. The molecule has 21 heavy (non-hydrogen) atoms. The molecule has 1 saturated heterocycles. The molecule has 0 aromatic rings. The Kier molecular flexibility index (Phi) is 6.82. The SMILES string of the molecule is CC(CCl)CC1C(=O)N(C)C(=CC(C)C(Cl)Cl)C(=O)N1C. The van der Waals surface area contributed by atoms with Crippen molar-refractivity contribution in [1.29, 1.82) is 0 Å². The summed E-state index contributed by atoms with van der Waals surface area (Å²) in [5, 5.41) is 0.